The van der Waals surface area contributed by atoms with Crippen molar-refractivity contribution in [2.75, 3.05) is 13.2 Å². The number of hydrogen-bond donors (Lipinski definition) is 3. The fraction of sp³-hybridized carbons (Fsp3) is 0.263. The molecule has 0 bridgehead atoms. The number of carboxylic acid groups (broad SMARTS) is 1. The number of ketones is 1. The maximum atomic E-state index is 14.1. The van der Waals surface area contributed by atoms with Gasteiger partial charge >= 0.3 is 11.9 Å². The summed E-state index contributed by atoms with van der Waals surface area (Å²) >= 11 is 12.1. The van der Waals surface area contributed by atoms with E-state index >= 15 is 0 Å². The molecule has 1 aliphatic rings. The van der Waals surface area contributed by atoms with Crippen molar-refractivity contribution >= 4 is 69.2 Å². The van der Waals surface area contributed by atoms with Gasteiger partial charge < -0.3 is 30.1 Å². The predicted octanol–water partition coefficient (Wildman–Crippen LogP) is 5.88. The molecule has 0 fully saturated rings. The zero-order valence-corrected chi connectivity index (χ0v) is 29.6. The van der Waals surface area contributed by atoms with Gasteiger partial charge in [0.05, 0.1) is 33.8 Å². The lowest BCUT2D eigenvalue weighted by Gasteiger charge is -2.28. The Balaban J connectivity index is 1.34. The van der Waals surface area contributed by atoms with E-state index in [-0.39, 0.29) is 33.9 Å². The third-order valence-corrected chi connectivity index (χ3v) is 8.97. The van der Waals surface area contributed by atoms with E-state index in [4.69, 9.17) is 37.5 Å². The van der Waals surface area contributed by atoms with Gasteiger partial charge in [0.15, 0.2) is 12.4 Å². The van der Waals surface area contributed by atoms with Gasteiger partial charge in [0.1, 0.15) is 18.4 Å². The number of carbonyl (C=O) groups is 5. The van der Waals surface area contributed by atoms with Crippen LogP contribution in [0.4, 0.5) is 0 Å². The van der Waals surface area contributed by atoms with Crippen LogP contribution in [-0.4, -0.2) is 71.3 Å². The molecule has 12 nitrogen and oxygen atoms in total. The zero-order chi connectivity index (χ0) is 37.4. The Bertz CT molecular complexity index is 2000. The minimum Gasteiger partial charge on any atom is -0.489 e. The van der Waals surface area contributed by atoms with E-state index in [1.165, 1.54) is 18.2 Å². The highest BCUT2D eigenvalue weighted by atomic mass is 35.5. The van der Waals surface area contributed by atoms with Gasteiger partial charge in [-0.1, -0.05) is 96.8 Å². The number of benzene rings is 4. The number of fused-ring (bicyclic) bond motifs is 1. The smallest absolute Gasteiger partial charge is 0.341 e. The van der Waals surface area contributed by atoms with E-state index in [1.54, 1.807) is 42.5 Å². The van der Waals surface area contributed by atoms with Crippen molar-refractivity contribution < 1.29 is 43.4 Å². The first kappa shape index (κ1) is 37.8. The molecule has 0 aliphatic carbocycles. The Kier molecular flexibility index (Phi) is 12.1. The highest BCUT2D eigenvalue weighted by Crippen LogP contribution is 2.30. The second kappa shape index (κ2) is 16.7. The lowest BCUT2D eigenvalue weighted by atomic mass is 9.89. The molecule has 2 amide bonds. The molecule has 1 unspecified atom stereocenters. The Morgan fingerprint density at radius 1 is 0.885 bits per heavy atom. The topological polar surface area (TPSA) is 170 Å². The molecule has 270 valence electrons. The van der Waals surface area contributed by atoms with Crippen LogP contribution in [-0.2, 0) is 24.0 Å². The van der Waals surface area contributed by atoms with Crippen LogP contribution in [0, 0.1) is 5.92 Å². The Morgan fingerprint density at radius 2 is 1.56 bits per heavy atom. The van der Waals surface area contributed by atoms with Crippen LogP contribution in [0.1, 0.15) is 47.4 Å². The summed E-state index contributed by atoms with van der Waals surface area (Å²) in [5.41, 5.74) is -1.31. The number of aliphatic carboxylic acids is 1. The summed E-state index contributed by atoms with van der Waals surface area (Å²) in [6.45, 7) is 2.44. The van der Waals surface area contributed by atoms with Crippen LogP contribution in [0.15, 0.2) is 96.2 Å². The number of hydrogen-bond acceptors (Lipinski definition) is 9. The number of rotatable bonds is 15. The van der Waals surface area contributed by atoms with E-state index in [0.29, 0.717) is 17.0 Å². The normalized spacial score (nSPS) is 16.3. The Hall–Kier alpha value is -5.46. The van der Waals surface area contributed by atoms with E-state index < -0.39 is 60.9 Å². The number of nitrogens with zero attached hydrogens (tertiary/aromatic N) is 1. The summed E-state index contributed by atoms with van der Waals surface area (Å²) in [5.74, 6) is -4.43. The van der Waals surface area contributed by atoms with Crippen molar-refractivity contribution in [1.29, 1.82) is 0 Å². The average Bonchev–Trinajstić information content (AvgIpc) is 3.56. The molecule has 0 spiro atoms. The average molecular weight is 749 g/mol. The van der Waals surface area contributed by atoms with Crippen molar-refractivity contribution in [2.24, 2.45) is 11.1 Å². The van der Waals surface area contributed by atoms with Crippen molar-refractivity contribution in [3.8, 4) is 5.75 Å². The highest BCUT2D eigenvalue weighted by molar-refractivity contribution is 6.39. The van der Waals surface area contributed by atoms with Gasteiger partial charge in [0.25, 0.3) is 17.4 Å². The number of para-hydroxylation sites is 1. The quantitative estimate of drug-likeness (QED) is 0.126. The first-order valence-electron chi connectivity index (χ1n) is 16.3. The number of esters is 1. The molecular weight excluding hydrogens is 713 g/mol. The van der Waals surface area contributed by atoms with Gasteiger partial charge in [-0.2, -0.15) is 0 Å². The van der Waals surface area contributed by atoms with Crippen molar-refractivity contribution in [3.63, 3.8) is 0 Å². The largest absolute Gasteiger partial charge is 0.489 e. The van der Waals surface area contributed by atoms with Gasteiger partial charge in [0.2, 0.25) is 0 Å². The molecule has 4 aromatic carbocycles. The summed E-state index contributed by atoms with van der Waals surface area (Å²) < 4.78 is 11.0. The first-order valence-corrected chi connectivity index (χ1v) is 17.0. The highest BCUT2D eigenvalue weighted by Gasteiger charge is 2.50. The molecule has 0 saturated heterocycles. The van der Waals surface area contributed by atoms with Gasteiger partial charge in [0, 0.05) is 12.0 Å². The van der Waals surface area contributed by atoms with E-state index in [1.807, 2.05) is 44.2 Å². The molecule has 0 saturated carbocycles. The van der Waals surface area contributed by atoms with E-state index in [0.717, 1.165) is 10.8 Å². The van der Waals surface area contributed by atoms with Gasteiger partial charge in [-0.3, -0.25) is 19.2 Å². The summed E-state index contributed by atoms with van der Waals surface area (Å²) in [6, 6.07) is 23.6. The maximum absolute atomic E-state index is 14.1. The summed E-state index contributed by atoms with van der Waals surface area (Å²) in [5, 5.41) is 21.1. The van der Waals surface area contributed by atoms with E-state index in [2.05, 4.69) is 15.8 Å². The predicted molar refractivity (Wildman–Crippen MR) is 194 cm³/mol. The number of nitrogens with one attached hydrogen (secondary N) is 2. The lowest BCUT2D eigenvalue weighted by molar-refractivity contribution is -0.151. The number of halogens is 2. The molecule has 5 rings (SSSR count). The van der Waals surface area contributed by atoms with Crippen LogP contribution in [0.25, 0.3) is 10.8 Å². The minimum absolute atomic E-state index is 0.0111. The van der Waals surface area contributed by atoms with Crippen LogP contribution < -0.4 is 15.4 Å². The number of ether oxygens (including phenoxy) is 2. The van der Waals surface area contributed by atoms with Crippen molar-refractivity contribution in [1.82, 2.24) is 10.6 Å². The lowest BCUT2D eigenvalue weighted by Crippen LogP contribution is -2.57. The van der Waals surface area contributed by atoms with Gasteiger partial charge in [-0.25, -0.2) is 4.79 Å². The molecule has 0 aromatic heterocycles. The molecule has 3 N–H and O–H groups in total. The molecule has 14 heteroatoms. The molecule has 0 radical (unpaired) electrons. The number of carbonyl (C=O) groups excluding carboxylic acids is 4. The first-order chi connectivity index (χ1) is 24.9. The summed E-state index contributed by atoms with van der Waals surface area (Å²) in [6.07, 6.45) is -1.02. The third kappa shape index (κ3) is 9.06. The van der Waals surface area contributed by atoms with Crippen LogP contribution >= 0.6 is 23.2 Å². The summed E-state index contributed by atoms with van der Waals surface area (Å²) in [7, 11) is 0. The monoisotopic (exact) mass is 747 g/mol. The molecule has 1 aliphatic heterocycles. The number of carboxylic acids is 1. The Morgan fingerprint density at radius 3 is 2.23 bits per heavy atom. The van der Waals surface area contributed by atoms with Crippen LogP contribution in [0.3, 0.4) is 0 Å². The van der Waals surface area contributed by atoms with Gasteiger partial charge in [-0.05, 0) is 53.1 Å². The fourth-order valence-electron chi connectivity index (χ4n) is 5.55. The maximum Gasteiger partial charge on any atom is 0.341 e. The molecule has 4 aromatic rings. The second-order valence-electron chi connectivity index (χ2n) is 12.5. The second-order valence-corrected chi connectivity index (χ2v) is 13.3. The van der Waals surface area contributed by atoms with E-state index in [9.17, 15) is 29.1 Å². The number of oxime groups is 1. The Labute approximate surface area is 309 Å². The SMILES string of the molecule is CC(C)[C@H](NC(=O)c1ccc2ccccc2c1)C1=NOC(COc2ccccc2)(C(=O)N[C@@H](CC(=O)O)C(=O)COC(=O)c2c(Cl)cccc2Cl)C1. The fourth-order valence-corrected chi connectivity index (χ4v) is 6.10. The van der Waals surface area contributed by atoms with Crippen molar-refractivity contribution in [2.45, 2.75) is 44.4 Å². The molecular formula is C38H35Cl2N3O9. The van der Waals surface area contributed by atoms with Crippen LogP contribution in [0.5, 0.6) is 5.75 Å². The number of Topliss-reactive ketones (excluding diaryl/α,β-unsaturated/α-hetero) is 1. The number of amides is 2. The van der Waals surface area contributed by atoms with Crippen LogP contribution in [0.2, 0.25) is 10.0 Å². The standard InChI is InChI=1S/C38H35Cl2N3O9/c1-22(2)34(42-35(47)25-16-15-23-9-6-7-10-24(23)17-25)30-19-38(52-43-30,21-51-26-11-4-3-5-12-26)37(49)41-29(18-32(45)46)31(44)20-50-36(48)33-27(39)13-8-14-28(33)40/h3-17,22,29,34H,18-21H2,1-2H3,(H,41,49)(H,42,47)(H,45,46)/t29-,34-,38?/m0/s1. The molecule has 52 heavy (non-hydrogen) atoms. The minimum atomic E-state index is -1.88. The van der Waals surface area contributed by atoms with Crippen molar-refractivity contribution in [3.05, 3.63) is 112 Å². The third-order valence-electron chi connectivity index (χ3n) is 8.34. The molecule has 1 heterocycles. The van der Waals surface area contributed by atoms with Gasteiger partial charge in [-0.15, -0.1) is 0 Å². The summed E-state index contributed by atoms with van der Waals surface area (Å²) in [4.78, 5) is 71.1. The molecule has 3 atom stereocenters. The zero-order valence-electron chi connectivity index (χ0n) is 28.1.